The minimum absolute atomic E-state index is 0.175. The number of carboxylic acids is 2. The Morgan fingerprint density at radius 2 is 1.24 bits per heavy atom. The molecule has 7 nitrogen and oxygen atoms in total. The number of carboxylic acid groups (broad SMARTS) is 2. The molecule has 0 saturated heterocycles. The van der Waals surface area contributed by atoms with Gasteiger partial charge in [-0.2, -0.15) is 0 Å². The standard InChI is InChI=1S/C14H26N2O5/c1-3-5-7-16(8-6-4-2)12(17)9-15(10-13(18)19)11-14(20)21/h3-11H2,1-2H3,(H,18,19)(H,20,21). The molecule has 0 aromatic carbocycles. The lowest BCUT2D eigenvalue weighted by atomic mass is 10.2. The first-order chi connectivity index (χ1) is 9.90. The Morgan fingerprint density at radius 3 is 1.57 bits per heavy atom. The fraction of sp³-hybridized carbons (Fsp3) is 0.786. The third kappa shape index (κ3) is 9.84. The van der Waals surface area contributed by atoms with Crippen LogP contribution in [0.2, 0.25) is 0 Å². The zero-order chi connectivity index (χ0) is 16.3. The molecule has 122 valence electrons. The van der Waals surface area contributed by atoms with Gasteiger partial charge in [0.2, 0.25) is 5.91 Å². The van der Waals surface area contributed by atoms with Gasteiger partial charge in [-0.1, -0.05) is 26.7 Å². The molecule has 0 fully saturated rings. The highest BCUT2D eigenvalue weighted by molar-refractivity contribution is 5.80. The Labute approximate surface area is 125 Å². The number of hydrogen-bond donors (Lipinski definition) is 2. The maximum absolute atomic E-state index is 12.2. The van der Waals surface area contributed by atoms with Crippen molar-refractivity contribution < 1.29 is 24.6 Å². The average molecular weight is 302 g/mol. The maximum atomic E-state index is 12.2. The van der Waals surface area contributed by atoms with Gasteiger partial charge in [-0.15, -0.1) is 0 Å². The first-order valence-electron chi connectivity index (χ1n) is 7.34. The van der Waals surface area contributed by atoms with Gasteiger partial charge in [0.15, 0.2) is 0 Å². The third-order valence-corrected chi connectivity index (χ3v) is 2.99. The molecule has 0 aromatic rings. The van der Waals surface area contributed by atoms with Crippen molar-refractivity contribution in [2.45, 2.75) is 39.5 Å². The molecular formula is C14H26N2O5. The number of nitrogens with zero attached hydrogens (tertiary/aromatic N) is 2. The number of unbranched alkanes of at least 4 members (excludes halogenated alkanes) is 2. The van der Waals surface area contributed by atoms with Gasteiger partial charge in [-0.25, -0.2) is 0 Å². The molecule has 0 unspecified atom stereocenters. The Morgan fingerprint density at radius 1 is 0.810 bits per heavy atom. The van der Waals surface area contributed by atoms with Crippen LogP contribution in [0.4, 0.5) is 0 Å². The second kappa shape index (κ2) is 11.1. The summed E-state index contributed by atoms with van der Waals surface area (Å²) in [6, 6.07) is 0. The van der Waals surface area contributed by atoms with E-state index in [-0.39, 0.29) is 12.5 Å². The molecule has 0 atom stereocenters. The molecule has 21 heavy (non-hydrogen) atoms. The Hall–Kier alpha value is -1.63. The molecule has 0 aliphatic carbocycles. The van der Waals surface area contributed by atoms with Crippen LogP contribution in [0, 0.1) is 0 Å². The summed E-state index contributed by atoms with van der Waals surface area (Å²) in [6.45, 7) is 4.24. The summed E-state index contributed by atoms with van der Waals surface area (Å²) in [6.07, 6.45) is 3.69. The average Bonchev–Trinajstić information content (AvgIpc) is 2.37. The smallest absolute Gasteiger partial charge is 0.317 e. The molecule has 0 aromatic heterocycles. The molecule has 2 N–H and O–H groups in total. The highest BCUT2D eigenvalue weighted by atomic mass is 16.4. The second-order valence-electron chi connectivity index (χ2n) is 5.02. The van der Waals surface area contributed by atoms with Gasteiger partial charge in [0.05, 0.1) is 19.6 Å². The van der Waals surface area contributed by atoms with Crippen molar-refractivity contribution in [1.29, 1.82) is 0 Å². The van der Waals surface area contributed by atoms with Crippen molar-refractivity contribution in [2.75, 3.05) is 32.7 Å². The zero-order valence-corrected chi connectivity index (χ0v) is 12.9. The fourth-order valence-corrected chi connectivity index (χ4v) is 1.90. The van der Waals surface area contributed by atoms with Gasteiger partial charge in [0.1, 0.15) is 0 Å². The van der Waals surface area contributed by atoms with Gasteiger partial charge in [0.25, 0.3) is 0 Å². The van der Waals surface area contributed by atoms with Crippen LogP contribution in [0.1, 0.15) is 39.5 Å². The second-order valence-corrected chi connectivity index (χ2v) is 5.02. The van der Waals surface area contributed by atoms with Gasteiger partial charge < -0.3 is 15.1 Å². The summed E-state index contributed by atoms with van der Waals surface area (Å²) >= 11 is 0. The van der Waals surface area contributed by atoms with Crippen LogP contribution in [0.25, 0.3) is 0 Å². The summed E-state index contributed by atoms with van der Waals surface area (Å²) < 4.78 is 0. The van der Waals surface area contributed by atoms with Crippen LogP contribution in [0.15, 0.2) is 0 Å². The minimum atomic E-state index is -1.14. The Balaban J connectivity index is 4.62. The molecule has 0 aliphatic rings. The van der Waals surface area contributed by atoms with E-state index in [1.807, 2.05) is 13.8 Å². The zero-order valence-electron chi connectivity index (χ0n) is 12.9. The third-order valence-electron chi connectivity index (χ3n) is 2.99. The van der Waals surface area contributed by atoms with E-state index in [0.717, 1.165) is 30.6 Å². The monoisotopic (exact) mass is 302 g/mol. The van der Waals surface area contributed by atoms with E-state index in [2.05, 4.69) is 0 Å². The first kappa shape index (κ1) is 19.4. The number of carbonyl (C=O) groups is 3. The summed E-state index contributed by atoms with van der Waals surface area (Å²) in [5, 5.41) is 17.5. The molecule has 0 spiro atoms. The van der Waals surface area contributed by atoms with Crippen molar-refractivity contribution in [1.82, 2.24) is 9.80 Å². The predicted octanol–water partition coefficient (Wildman–Crippen LogP) is 0.886. The molecule has 0 heterocycles. The molecule has 0 saturated carbocycles. The van der Waals surface area contributed by atoms with Gasteiger partial charge in [0, 0.05) is 13.1 Å². The number of carbonyl (C=O) groups excluding carboxylic acids is 1. The Bertz CT molecular complexity index is 322. The predicted molar refractivity (Wildman–Crippen MR) is 78.1 cm³/mol. The highest BCUT2D eigenvalue weighted by Crippen LogP contribution is 2.02. The summed E-state index contributed by atoms with van der Waals surface area (Å²) in [5.41, 5.74) is 0. The molecule has 0 rings (SSSR count). The number of rotatable bonds is 12. The van der Waals surface area contributed by atoms with Crippen molar-refractivity contribution >= 4 is 17.8 Å². The number of hydrogen-bond acceptors (Lipinski definition) is 4. The van der Waals surface area contributed by atoms with Crippen LogP contribution in [-0.2, 0) is 14.4 Å². The lowest BCUT2D eigenvalue weighted by Crippen LogP contribution is -2.44. The van der Waals surface area contributed by atoms with Crippen molar-refractivity contribution in [3.05, 3.63) is 0 Å². The largest absolute Gasteiger partial charge is 0.480 e. The summed E-state index contributed by atoms with van der Waals surface area (Å²) in [7, 11) is 0. The van der Waals surface area contributed by atoms with Crippen LogP contribution >= 0.6 is 0 Å². The van der Waals surface area contributed by atoms with Crippen LogP contribution in [0.5, 0.6) is 0 Å². The lowest BCUT2D eigenvalue weighted by molar-refractivity contribution is -0.143. The van der Waals surface area contributed by atoms with E-state index in [1.165, 1.54) is 0 Å². The number of amides is 1. The summed E-state index contributed by atoms with van der Waals surface area (Å²) in [5.74, 6) is -2.49. The van der Waals surface area contributed by atoms with Crippen molar-refractivity contribution in [2.24, 2.45) is 0 Å². The molecular weight excluding hydrogens is 276 g/mol. The number of aliphatic carboxylic acids is 2. The quantitative estimate of drug-likeness (QED) is 0.555. The minimum Gasteiger partial charge on any atom is -0.480 e. The van der Waals surface area contributed by atoms with Crippen LogP contribution < -0.4 is 0 Å². The van der Waals surface area contributed by atoms with Crippen molar-refractivity contribution in [3.63, 3.8) is 0 Å². The van der Waals surface area contributed by atoms with E-state index in [1.54, 1.807) is 4.90 Å². The van der Waals surface area contributed by atoms with Gasteiger partial charge in [-0.05, 0) is 12.8 Å². The maximum Gasteiger partial charge on any atom is 0.317 e. The fourth-order valence-electron chi connectivity index (χ4n) is 1.90. The van der Waals surface area contributed by atoms with Crippen molar-refractivity contribution in [3.8, 4) is 0 Å². The molecule has 7 heteroatoms. The van der Waals surface area contributed by atoms with Gasteiger partial charge >= 0.3 is 11.9 Å². The SMILES string of the molecule is CCCCN(CCCC)C(=O)CN(CC(=O)O)CC(=O)O. The topological polar surface area (TPSA) is 98.2 Å². The van der Waals surface area contributed by atoms with E-state index >= 15 is 0 Å². The molecule has 1 amide bonds. The van der Waals surface area contributed by atoms with Crippen LogP contribution in [-0.4, -0.2) is 70.6 Å². The molecule has 0 bridgehead atoms. The summed E-state index contributed by atoms with van der Waals surface area (Å²) in [4.78, 5) is 36.5. The molecule has 0 radical (unpaired) electrons. The first-order valence-corrected chi connectivity index (χ1v) is 7.34. The van der Waals surface area contributed by atoms with Crippen LogP contribution in [0.3, 0.4) is 0 Å². The van der Waals surface area contributed by atoms with E-state index in [4.69, 9.17) is 10.2 Å². The van der Waals surface area contributed by atoms with E-state index < -0.39 is 25.0 Å². The van der Waals surface area contributed by atoms with Gasteiger partial charge in [-0.3, -0.25) is 19.3 Å². The normalized spacial score (nSPS) is 10.6. The van der Waals surface area contributed by atoms with E-state index in [0.29, 0.717) is 13.1 Å². The lowest BCUT2D eigenvalue weighted by Gasteiger charge is -2.26. The molecule has 0 aliphatic heterocycles. The Kier molecular flexibility index (Phi) is 10.2. The van der Waals surface area contributed by atoms with E-state index in [9.17, 15) is 14.4 Å². The highest BCUT2D eigenvalue weighted by Gasteiger charge is 2.20.